The van der Waals surface area contributed by atoms with Gasteiger partial charge in [-0.1, -0.05) is 36.4 Å². The molecule has 162 valence electrons. The zero-order valence-corrected chi connectivity index (χ0v) is 17.8. The van der Waals surface area contributed by atoms with E-state index in [1.165, 1.54) is 12.1 Å². The summed E-state index contributed by atoms with van der Waals surface area (Å²) < 4.78 is 20.7. The molecule has 1 aliphatic rings. The average Bonchev–Trinajstić information content (AvgIpc) is 3.19. The number of hydrogen-bond acceptors (Lipinski definition) is 3. The van der Waals surface area contributed by atoms with Crippen LogP contribution in [0.15, 0.2) is 60.8 Å². The Hall–Kier alpha value is -2.99. The summed E-state index contributed by atoms with van der Waals surface area (Å²) >= 11 is 0. The molecule has 0 aliphatic carbocycles. The largest absolute Gasteiger partial charge is 0.381 e. The van der Waals surface area contributed by atoms with Crippen molar-refractivity contribution in [1.82, 2.24) is 15.1 Å². The lowest BCUT2D eigenvalue weighted by molar-refractivity contribution is -0.136. The summed E-state index contributed by atoms with van der Waals surface area (Å²) in [6, 6.07) is 16.6. The van der Waals surface area contributed by atoms with E-state index >= 15 is 0 Å². The van der Waals surface area contributed by atoms with Crippen LogP contribution in [0.4, 0.5) is 4.39 Å². The molecule has 0 bridgehead atoms. The molecule has 1 amide bonds. The molecule has 1 saturated heterocycles. The minimum atomic E-state index is -0.487. The Morgan fingerprint density at radius 1 is 1.13 bits per heavy atom. The molecule has 1 aromatic heterocycles. The van der Waals surface area contributed by atoms with Gasteiger partial charge in [0.15, 0.2) is 0 Å². The summed E-state index contributed by atoms with van der Waals surface area (Å²) in [6.45, 7) is 4.37. The zero-order chi connectivity index (χ0) is 21.7. The number of nitrogens with zero attached hydrogens (tertiary/aromatic N) is 2. The van der Waals surface area contributed by atoms with E-state index < -0.39 is 5.41 Å². The van der Waals surface area contributed by atoms with Crippen molar-refractivity contribution in [3.63, 3.8) is 0 Å². The normalized spacial score (nSPS) is 15.5. The Kier molecular flexibility index (Phi) is 6.47. The maximum atomic E-state index is 13.3. The minimum absolute atomic E-state index is 0.0767. The van der Waals surface area contributed by atoms with Crippen LogP contribution in [0, 0.1) is 18.2 Å². The summed E-state index contributed by atoms with van der Waals surface area (Å²) in [5, 5.41) is 7.41. The van der Waals surface area contributed by atoms with Crippen molar-refractivity contribution in [3.05, 3.63) is 77.9 Å². The lowest BCUT2D eigenvalue weighted by atomic mass is 9.74. The fourth-order valence-corrected chi connectivity index (χ4v) is 4.24. The van der Waals surface area contributed by atoms with Crippen LogP contribution in [-0.2, 0) is 22.5 Å². The van der Waals surface area contributed by atoms with Gasteiger partial charge in [-0.3, -0.25) is 9.48 Å². The highest BCUT2D eigenvalue weighted by atomic mass is 19.1. The smallest absolute Gasteiger partial charge is 0.226 e. The maximum Gasteiger partial charge on any atom is 0.226 e. The second kappa shape index (κ2) is 9.43. The number of aryl methyl sites for hydroxylation is 1. The van der Waals surface area contributed by atoms with Crippen molar-refractivity contribution < 1.29 is 13.9 Å². The first-order valence-corrected chi connectivity index (χ1v) is 10.8. The highest BCUT2D eigenvalue weighted by Crippen LogP contribution is 2.35. The van der Waals surface area contributed by atoms with Crippen LogP contribution in [0.3, 0.4) is 0 Å². The fourth-order valence-electron chi connectivity index (χ4n) is 4.24. The van der Waals surface area contributed by atoms with Gasteiger partial charge in [0.1, 0.15) is 5.82 Å². The predicted molar refractivity (Wildman–Crippen MR) is 118 cm³/mol. The summed E-state index contributed by atoms with van der Waals surface area (Å²) in [6.07, 6.45) is 3.81. The monoisotopic (exact) mass is 421 g/mol. The maximum absolute atomic E-state index is 13.3. The number of rotatable bonds is 7. The number of carbonyl (C=O) groups excluding carboxylic acids is 1. The van der Waals surface area contributed by atoms with Crippen LogP contribution in [0.1, 0.15) is 24.1 Å². The van der Waals surface area contributed by atoms with Crippen molar-refractivity contribution in [1.29, 1.82) is 0 Å². The van der Waals surface area contributed by atoms with Gasteiger partial charge in [0.2, 0.25) is 5.91 Å². The standard InChI is InChI=1S/C25H28FN3O2/c1-19-9-12-28-29(19)14-13-27-24(30)25(10-15-31-16-11-25)18-20-3-2-4-22(17-20)21-5-7-23(26)8-6-21/h2-9,12,17H,10-11,13-16,18H2,1H3,(H,27,30). The second-order valence-corrected chi connectivity index (χ2v) is 8.23. The van der Waals surface area contributed by atoms with E-state index in [1.807, 2.05) is 29.8 Å². The first kappa shape index (κ1) is 21.2. The third-order valence-corrected chi connectivity index (χ3v) is 6.12. The number of ether oxygens (including phenoxy) is 1. The van der Waals surface area contributed by atoms with E-state index in [0.717, 1.165) is 22.4 Å². The first-order valence-electron chi connectivity index (χ1n) is 10.8. The Labute approximate surface area is 182 Å². The van der Waals surface area contributed by atoms with Crippen LogP contribution < -0.4 is 5.32 Å². The van der Waals surface area contributed by atoms with E-state index in [4.69, 9.17) is 4.74 Å². The lowest BCUT2D eigenvalue weighted by Gasteiger charge is -2.36. The van der Waals surface area contributed by atoms with Crippen molar-refractivity contribution >= 4 is 5.91 Å². The van der Waals surface area contributed by atoms with Gasteiger partial charge in [0.05, 0.1) is 12.0 Å². The molecule has 1 fully saturated rings. The molecule has 0 saturated carbocycles. The summed E-state index contributed by atoms with van der Waals surface area (Å²) in [4.78, 5) is 13.3. The summed E-state index contributed by atoms with van der Waals surface area (Å²) in [5.74, 6) is -0.171. The lowest BCUT2D eigenvalue weighted by Crippen LogP contribution is -2.47. The molecular weight excluding hydrogens is 393 g/mol. The third kappa shape index (κ3) is 5.02. The molecule has 31 heavy (non-hydrogen) atoms. The van der Waals surface area contributed by atoms with Crippen LogP contribution in [0.2, 0.25) is 0 Å². The van der Waals surface area contributed by atoms with Gasteiger partial charge in [-0.2, -0.15) is 5.10 Å². The minimum Gasteiger partial charge on any atom is -0.381 e. The molecule has 4 rings (SSSR count). The molecular formula is C25H28FN3O2. The predicted octanol–water partition coefficient (Wildman–Crippen LogP) is 4.15. The van der Waals surface area contributed by atoms with E-state index in [9.17, 15) is 9.18 Å². The van der Waals surface area contributed by atoms with Gasteiger partial charge < -0.3 is 10.1 Å². The summed E-state index contributed by atoms with van der Waals surface area (Å²) in [7, 11) is 0. The molecule has 2 aromatic carbocycles. The van der Waals surface area contributed by atoms with Gasteiger partial charge in [-0.25, -0.2) is 4.39 Å². The van der Waals surface area contributed by atoms with Crippen molar-refractivity contribution in [2.45, 2.75) is 32.7 Å². The summed E-state index contributed by atoms with van der Waals surface area (Å²) in [5.41, 5.74) is 3.67. The molecule has 6 heteroatoms. The van der Waals surface area contributed by atoms with Gasteiger partial charge in [-0.15, -0.1) is 0 Å². The van der Waals surface area contributed by atoms with Crippen LogP contribution in [-0.4, -0.2) is 35.4 Å². The molecule has 1 aliphatic heterocycles. The zero-order valence-electron chi connectivity index (χ0n) is 17.8. The quantitative estimate of drug-likeness (QED) is 0.623. The number of nitrogens with one attached hydrogen (secondary N) is 1. The van der Waals surface area contributed by atoms with Gasteiger partial charge >= 0.3 is 0 Å². The van der Waals surface area contributed by atoms with Crippen LogP contribution >= 0.6 is 0 Å². The molecule has 1 N–H and O–H groups in total. The molecule has 2 heterocycles. The van der Waals surface area contributed by atoms with E-state index in [2.05, 4.69) is 22.5 Å². The Balaban J connectivity index is 1.48. The third-order valence-electron chi connectivity index (χ3n) is 6.12. The fraction of sp³-hybridized carbons (Fsp3) is 0.360. The SMILES string of the molecule is Cc1ccnn1CCNC(=O)C1(Cc2cccc(-c3ccc(F)cc3)c2)CCOCC1. The van der Waals surface area contributed by atoms with Gasteiger partial charge in [-0.05, 0) is 61.1 Å². The molecule has 3 aromatic rings. The highest BCUT2D eigenvalue weighted by molar-refractivity contribution is 5.83. The number of benzene rings is 2. The number of carbonyl (C=O) groups is 1. The van der Waals surface area contributed by atoms with E-state index in [-0.39, 0.29) is 11.7 Å². The molecule has 0 spiro atoms. The first-order chi connectivity index (χ1) is 15.1. The molecule has 5 nitrogen and oxygen atoms in total. The van der Waals surface area contributed by atoms with Gasteiger partial charge in [0.25, 0.3) is 0 Å². The van der Waals surface area contributed by atoms with Crippen molar-refractivity contribution in [2.24, 2.45) is 5.41 Å². The highest BCUT2D eigenvalue weighted by Gasteiger charge is 2.40. The Morgan fingerprint density at radius 3 is 2.61 bits per heavy atom. The van der Waals surface area contributed by atoms with Gasteiger partial charge in [0, 0.05) is 31.6 Å². The molecule has 0 radical (unpaired) electrons. The molecule has 0 unspecified atom stereocenters. The van der Waals surface area contributed by atoms with Crippen LogP contribution in [0.5, 0.6) is 0 Å². The van der Waals surface area contributed by atoms with Crippen molar-refractivity contribution in [2.75, 3.05) is 19.8 Å². The second-order valence-electron chi connectivity index (χ2n) is 8.23. The Morgan fingerprint density at radius 2 is 1.90 bits per heavy atom. The Bertz CT molecular complexity index is 1020. The van der Waals surface area contributed by atoms with E-state index in [0.29, 0.717) is 45.6 Å². The number of aromatic nitrogens is 2. The average molecular weight is 422 g/mol. The van der Waals surface area contributed by atoms with E-state index in [1.54, 1.807) is 18.3 Å². The van der Waals surface area contributed by atoms with Crippen molar-refractivity contribution in [3.8, 4) is 11.1 Å². The number of halogens is 1. The number of amides is 1. The van der Waals surface area contributed by atoms with Crippen LogP contribution in [0.25, 0.3) is 11.1 Å². The molecule has 0 atom stereocenters. The number of hydrogen-bond donors (Lipinski definition) is 1. The topological polar surface area (TPSA) is 56.2 Å².